The maximum Gasteiger partial charge on any atom is 0.260 e. The smallest absolute Gasteiger partial charge is 0.260 e. The summed E-state index contributed by atoms with van der Waals surface area (Å²) in [5.74, 6) is 0.140. The second kappa shape index (κ2) is 9.12. The van der Waals surface area contributed by atoms with Gasteiger partial charge in [0.15, 0.2) is 11.6 Å². The average molecular weight is 418 g/mol. The molecule has 4 rings (SSSR count). The topological polar surface area (TPSA) is 116 Å². The molecule has 0 spiro atoms. The molecule has 3 N–H and O–H groups in total. The zero-order chi connectivity index (χ0) is 21.6. The van der Waals surface area contributed by atoms with E-state index in [1.165, 1.54) is 18.3 Å². The van der Waals surface area contributed by atoms with E-state index in [0.717, 1.165) is 0 Å². The first-order valence-electron chi connectivity index (χ1n) is 9.69. The van der Waals surface area contributed by atoms with Crippen molar-refractivity contribution in [3.8, 4) is 22.4 Å². The summed E-state index contributed by atoms with van der Waals surface area (Å²) in [6.45, 7) is 0.432. The molecule has 3 heterocycles. The third-order valence-electron chi connectivity index (χ3n) is 4.64. The number of halogens is 1. The first-order valence-corrected chi connectivity index (χ1v) is 9.69. The molecule has 8 nitrogen and oxygen atoms in total. The number of hydrogen-bond donors (Lipinski definition) is 3. The molecule has 0 aliphatic heterocycles. The van der Waals surface area contributed by atoms with Gasteiger partial charge in [-0.05, 0) is 36.2 Å². The Morgan fingerprint density at radius 3 is 2.52 bits per heavy atom. The minimum atomic E-state index is -0.388. The maximum atomic E-state index is 13.4. The predicted octanol–water partition coefficient (Wildman–Crippen LogP) is 3.44. The Morgan fingerprint density at radius 2 is 1.81 bits per heavy atom. The van der Waals surface area contributed by atoms with E-state index in [9.17, 15) is 14.0 Å². The fraction of sp³-hybridized carbons (Fsp3) is 0.136. The summed E-state index contributed by atoms with van der Waals surface area (Å²) in [4.78, 5) is 42.9. The first-order chi connectivity index (χ1) is 15.1. The molecule has 1 aromatic carbocycles. The van der Waals surface area contributed by atoms with Crippen molar-refractivity contribution in [1.82, 2.24) is 24.9 Å². The van der Waals surface area contributed by atoms with E-state index < -0.39 is 0 Å². The summed E-state index contributed by atoms with van der Waals surface area (Å²) in [6.07, 6.45) is 7.19. The molecule has 3 aromatic heterocycles. The number of aromatic nitrogens is 5. The summed E-state index contributed by atoms with van der Waals surface area (Å²) < 4.78 is 13.4. The number of ketones is 1. The second-order valence-corrected chi connectivity index (χ2v) is 6.77. The van der Waals surface area contributed by atoms with E-state index in [0.29, 0.717) is 47.6 Å². The van der Waals surface area contributed by atoms with Crippen LogP contribution in [0.15, 0.2) is 66.0 Å². The summed E-state index contributed by atoms with van der Waals surface area (Å²) in [5, 5.41) is 3.06. The Balaban J connectivity index is 1.57. The zero-order valence-corrected chi connectivity index (χ0v) is 16.4. The van der Waals surface area contributed by atoms with Crippen LogP contribution in [-0.2, 0) is 0 Å². The Hall–Kier alpha value is -4.14. The molecular weight excluding hydrogens is 399 g/mol. The number of nitrogens with one attached hydrogen (secondary N) is 3. The molecule has 9 heteroatoms. The molecule has 0 atom stereocenters. The van der Waals surface area contributed by atoms with Gasteiger partial charge in [-0.15, -0.1) is 0 Å². The number of Topliss-reactive ketones (excluding diaryl/α,β-unsaturated/α-hetero) is 1. The second-order valence-electron chi connectivity index (χ2n) is 6.77. The van der Waals surface area contributed by atoms with Crippen LogP contribution in [0.5, 0.6) is 0 Å². The molecule has 4 aromatic rings. The van der Waals surface area contributed by atoms with Crippen molar-refractivity contribution in [2.45, 2.75) is 12.8 Å². The molecule has 0 bridgehead atoms. The lowest BCUT2D eigenvalue weighted by molar-refractivity contribution is 0.0972. The molecule has 0 aliphatic carbocycles. The molecule has 0 unspecified atom stereocenters. The number of carbonyl (C=O) groups excluding carboxylic acids is 1. The molecule has 0 amide bonds. The van der Waals surface area contributed by atoms with E-state index in [1.54, 1.807) is 42.9 Å². The highest BCUT2D eigenvalue weighted by atomic mass is 19.1. The standard InChI is InChI=1S/C22H19FN6O2/c23-16-5-3-14(4-6-16)18-19(15-7-10-24-11-8-15)28-22(29-21(18)31)27-9-1-2-17(30)20-25-12-13-26-20/h3-8,10-13H,1-2,9H2,(H,25,26)(H2,27,28,29,31). The molecule has 0 radical (unpaired) electrons. The van der Waals surface area contributed by atoms with Gasteiger partial charge in [-0.25, -0.2) is 14.4 Å². The number of anilines is 1. The van der Waals surface area contributed by atoms with Crippen LogP contribution in [0.25, 0.3) is 22.4 Å². The fourth-order valence-corrected chi connectivity index (χ4v) is 3.15. The highest BCUT2D eigenvalue weighted by Crippen LogP contribution is 2.28. The number of rotatable bonds is 8. The van der Waals surface area contributed by atoms with E-state index in [4.69, 9.17) is 0 Å². The van der Waals surface area contributed by atoms with Crippen molar-refractivity contribution in [3.05, 3.63) is 83.2 Å². The van der Waals surface area contributed by atoms with Crippen LogP contribution in [0.2, 0.25) is 0 Å². The quantitative estimate of drug-likeness (QED) is 0.298. The molecular formula is C22H19FN6O2. The van der Waals surface area contributed by atoms with E-state index in [1.807, 2.05) is 0 Å². The molecule has 156 valence electrons. The largest absolute Gasteiger partial charge is 0.356 e. The van der Waals surface area contributed by atoms with Crippen LogP contribution in [0, 0.1) is 5.82 Å². The van der Waals surface area contributed by atoms with Gasteiger partial charge in [0.05, 0.1) is 11.3 Å². The molecule has 0 saturated carbocycles. The number of hydrogen-bond acceptors (Lipinski definition) is 6. The van der Waals surface area contributed by atoms with E-state index in [-0.39, 0.29) is 23.1 Å². The summed E-state index contributed by atoms with van der Waals surface area (Å²) in [5.41, 5.74) is 1.69. The fourth-order valence-electron chi connectivity index (χ4n) is 3.15. The summed E-state index contributed by atoms with van der Waals surface area (Å²) in [6, 6.07) is 9.18. The lowest BCUT2D eigenvalue weighted by Crippen LogP contribution is -2.17. The maximum absolute atomic E-state index is 13.4. The van der Waals surface area contributed by atoms with Crippen molar-refractivity contribution < 1.29 is 9.18 Å². The van der Waals surface area contributed by atoms with Gasteiger partial charge < -0.3 is 10.3 Å². The minimum absolute atomic E-state index is 0.0858. The average Bonchev–Trinajstić information content (AvgIpc) is 3.33. The van der Waals surface area contributed by atoms with Gasteiger partial charge in [0.2, 0.25) is 5.95 Å². The monoisotopic (exact) mass is 418 g/mol. The number of aromatic amines is 2. The van der Waals surface area contributed by atoms with Crippen molar-refractivity contribution in [2.75, 3.05) is 11.9 Å². The van der Waals surface area contributed by atoms with E-state index >= 15 is 0 Å². The molecule has 31 heavy (non-hydrogen) atoms. The lowest BCUT2D eigenvalue weighted by atomic mass is 10.0. The van der Waals surface area contributed by atoms with Gasteiger partial charge in [-0.1, -0.05) is 12.1 Å². The molecule has 0 saturated heterocycles. The van der Waals surface area contributed by atoms with Crippen molar-refractivity contribution in [1.29, 1.82) is 0 Å². The number of H-pyrrole nitrogens is 2. The van der Waals surface area contributed by atoms with Crippen LogP contribution in [0.4, 0.5) is 10.3 Å². The van der Waals surface area contributed by atoms with Gasteiger partial charge in [0.1, 0.15) is 5.82 Å². The van der Waals surface area contributed by atoms with Gasteiger partial charge >= 0.3 is 0 Å². The number of carbonyl (C=O) groups is 1. The van der Waals surface area contributed by atoms with Gasteiger partial charge in [-0.2, -0.15) is 0 Å². The number of nitrogens with zero attached hydrogens (tertiary/aromatic N) is 3. The van der Waals surface area contributed by atoms with Crippen molar-refractivity contribution in [3.63, 3.8) is 0 Å². The first kappa shape index (κ1) is 20.1. The highest BCUT2D eigenvalue weighted by molar-refractivity contribution is 5.92. The van der Waals surface area contributed by atoms with Gasteiger partial charge in [0.25, 0.3) is 5.56 Å². The van der Waals surface area contributed by atoms with Gasteiger partial charge in [0, 0.05) is 43.3 Å². The minimum Gasteiger partial charge on any atom is -0.356 e. The van der Waals surface area contributed by atoms with Crippen molar-refractivity contribution >= 4 is 11.7 Å². The normalized spacial score (nSPS) is 10.7. The van der Waals surface area contributed by atoms with E-state index in [2.05, 4.69) is 30.2 Å². The Kier molecular flexibility index (Phi) is 5.93. The van der Waals surface area contributed by atoms with Gasteiger partial charge in [-0.3, -0.25) is 19.6 Å². The summed E-state index contributed by atoms with van der Waals surface area (Å²) in [7, 11) is 0. The third kappa shape index (κ3) is 4.72. The van der Waals surface area contributed by atoms with Crippen LogP contribution < -0.4 is 10.9 Å². The van der Waals surface area contributed by atoms with Crippen LogP contribution in [0.3, 0.4) is 0 Å². The number of imidazole rings is 1. The van der Waals surface area contributed by atoms with Crippen LogP contribution in [-0.4, -0.2) is 37.2 Å². The Morgan fingerprint density at radius 1 is 1.03 bits per heavy atom. The lowest BCUT2D eigenvalue weighted by Gasteiger charge is -2.12. The zero-order valence-electron chi connectivity index (χ0n) is 16.4. The Bertz CT molecular complexity index is 1220. The Labute approximate surface area is 176 Å². The van der Waals surface area contributed by atoms with Crippen LogP contribution >= 0.6 is 0 Å². The molecule has 0 fully saturated rings. The third-order valence-corrected chi connectivity index (χ3v) is 4.64. The highest BCUT2D eigenvalue weighted by Gasteiger charge is 2.16. The summed E-state index contributed by atoms with van der Waals surface area (Å²) >= 11 is 0. The number of pyridine rings is 1. The predicted molar refractivity (Wildman–Crippen MR) is 114 cm³/mol. The SMILES string of the molecule is O=C(CCCNc1nc(-c2ccncc2)c(-c2ccc(F)cc2)c(=O)[nH]1)c1ncc[nH]1. The molecule has 0 aliphatic rings. The number of benzene rings is 1. The van der Waals surface area contributed by atoms with Crippen molar-refractivity contribution in [2.24, 2.45) is 0 Å². The van der Waals surface area contributed by atoms with Crippen LogP contribution in [0.1, 0.15) is 23.5 Å².